The van der Waals surface area contributed by atoms with Crippen molar-refractivity contribution in [1.29, 1.82) is 0 Å². The second kappa shape index (κ2) is 7.62. The Hall–Kier alpha value is -2.45. The van der Waals surface area contributed by atoms with E-state index in [0.717, 1.165) is 11.3 Å². The third-order valence-electron chi connectivity index (χ3n) is 4.20. The van der Waals surface area contributed by atoms with Crippen LogP contribution in [0.5, 0.6) is 0 Å². The highest BCUT2D eigenvalue weighted by atomic mass is 35.5. The maximum Gasteiger partial charge on any atom is 0.218 e. The summed E-state index contributed by atoms with van der Waals surface area (Å²) in [5.74, 6) is 0. The predicted molar refractivity (Wildman–Crippen MR) is 111 cm³/mol. The summed E-state index contributed by atoms with van der Waals surface area (Å²) >= 11 is 6.25. The zero-order valence-corrected chi connectivity index (χ0v) is 15.5. The predicted octanol–water partition coefficient (Wildman–Crippen LogP) is 6.36. The molecule has 0 N–H and O–H groups in total. The fraction of sp³-hybridized carbons (Fsp3) is 0.182. The minimum absolute atomic E-state index is 0.0161. The van der Waals surface area contributed by atoms with E-state index in [9.17, 15) is 0 Å². The first-order valence-electron chi connectivity index (χ1n) is 8.42. The van der Waals surface area contributed by atoms with Crippen molar-refractivity contribution in [2.45, 2.75) is 26.8 Å². The van der Waals surface area contributed by atoms with Crippen LogP contribution in [0.3, 0.4) is 0 Å². The van der Waals surface area contributed by atoms with E-state index in [4.69, 9.17) is 11.6 Å². The number of nitrogens with zero attached hydrogens (tertiary/aromatic N) is 2. The topological polar surface area (TPSA) is 24.7 Å². The Bertz CT molecular complexity index is 999. The van der Waals surface area contributed by atoms with E-state index in [0.29, 0.717) is 0 Å². The van der Waals surface area contributed by atoms with Gasteiger partial charge < -0.3 is 0 Å². The van der Waals surface area contributed by atoms with E-state index in [2.05, 4.69) is 64.6 Å². The van der Waals surface area contributed by atoms with Crippen molar-refractivity contribution in [2.24, 2.45) is 9.98 Å². The van der Waals surface area contributed by atoms with Crippen LogP contribution in [0, 0.1) is 0 Å². The van der Waals surface area contributed by atoms with Gasteiger partial charge in [-0.15, -0.1) is 0 Å². The summed E-state index contributed by atoms with van der Waals surface area (Å²) in [4.78, 5) is 8.91. The highest BCUT2D eigenvalue weighted by molar-refractivity contribution is 6.65. The molecule has 2 nitrogen and oxygen atoms in total. The van der Waals surface area contributed by atoms with E-state index in [1.165, 1.54) is 21.5 Å². The molecule has 0 spiro atoms. The van der Waals surface area contributed by atoms with Crippen LogP contribution in [0.25, 0.3) is 21.5 Å². The molecule has 3 rings (SSSR count). The first kappa shape index (κ1) is 17.4. The van der Waals surface area contributed by atoms with Gasteiger partial charge >= 0.3 is 0 Å². The lowest BCUT2D eigenvalue weighted by Crippen LogP contribution is -2.02. The van der Waals surface area contributed by atoms with E-state index >= 15 is 0 Å². The van der Waals surface area contributed by atoms with Gasteiger partial charge in [0.2, 0.25) is 5.29 Å². The summed E-state index contributed by atoms with van der Waals surface area (Å²) in [6.45, 7) is 5.93. The van der Waals surface area contributed by atoms with Crippen molar-refractivity contribution in [3.63, 3.8) is 0 Å². The molecule has 0 aliphatic rings. The number of fused-ring (bicyclic) bond motifs is 3. The maximum atomic E-state index is 6.25. The van der Waals surface area contributed by atoms with Gasteiger partial charge in [0.05, 0.1) is 6.04 Å². The van der Waals surface area contributed by atoms with Crippen molar-refractivity contribution in [2.75, 3.05) is 0 Å². The molecule has 0 aromatic heterocycles. The van der Waals surface area contributed by atoms with Gasteiger partial charge in [-0.2, -0.15) is 0 Å². The molecule has 3 heteroatoms. The van der Waals surface area contributed by atoms with Gasteiger partial charge in [0.15, 0.2) is 0 Å². The Balaban J connectivity index is 2.15. The molecule has 0 heterocycles. The highest BCUT2D eigenvalue weighted by Crippen LogP contribution is 2.29. The lowest BCUT2D eigenvalue weighted by atomic mass is 9.95. The average Bonchev–Trinajstić information content (AvgIpc) is 2.61. The van der Waals surface area contributed by atoms with Gasteiger partial charge in [0.25, 0.3) is 0 Å². The normalized spacial score (nSPS) is 14.6. The van der Waals surface area contributed by atoms with Crippen molar-refractivity contribution in [3.8, 4) is 0 Å². The Morgan fingerprint density at radius 2 is 1.64 bits per heavy atom. The van der Waals surface area contributed by atoms with Crippen molar-refractivity contribution >= 4 is 44.2 Å². The minimum Gasteiger partial charge on any atom is -0.249 e. The quantitative estimate of drug-likeness (QED) is 0.173. The molecule has 1 atom stereocenters. The average molecular weight is 349 g/mol. The van der Waals surface area contributed by atoms with Crippen molar-refractivity contribution < 1.29 is 0 Å². The summed E-state index contributed by atoms with van der Waals surface area (Å²) in [6.07, 6.45) is 3.95. The van der Waals surface area contributed by atoms with Gasteiger partial charge in [-0.25, -0.2) is 9.98 Å². The summed E-state index contributed by atoms with van der Waals surface area (Å²) in [7, 11) is 0. The van der Waals surface area contributed by atoms with Crippen LogP contribution in [0.4, 0.5) is 0 Å². The number of allylic oxidation sites excluding steroid dienone is 1. The van der Waals surface area contributed by atoms with E-state index < -0.39 is 0 Å². The van der Waals surface area contributed by atoms with Crippen LogP contribution >= 0.6 is 11.6 Å². The minimum atomic E-state index is 0.0161. The Labute approximate surface area is 153 Å². The monoisotopic (exact) mass is 348 g/mol. The van der Waals surface area contributed by atoms with Crippen LogP contribution in [-0.4, -0.2) is 17.0 Å². The molecule has 0 radical (unpaired) electrons. The molecule has 3 aromatic rings. The van der Waals surface area contributed by atoms with Crippen LogP contribution in [0.1, 0.15) is 26.3 Å². The Kier molecular flexibility index (Phi) is 5.30. The summed E-state index contributed by atoms with van der Waals surface area (Å²) in [6, 6.07) is 19.0. The zero-order valence-electron chi connectivity index (χ0n) is 14.7. The number of benzene rings is 3. The summed E-state index contributed by atoms with van der Waals surface area (Å²) in [5, 5.41) is 5.12. The summed E-state index contributed by atoms with van der Waals surface area (Å²) in [5.41, 5.74) is 1.95. The van der Waals surface area contributed by atoms with Crippen molar-refractivity contribution in [3.05, 3.63) is 72.3 Å². The molecule has 3 aromatic carbocycles. The lowest BCUT2D eigenvalue weighted by molar-refractivity contribution is 0.926. The van der Waals surface area contributed by atoms with Crippen molar-refractivity contribution in [1.82, 2.24) is 0 Å². The molecule has 0 aliphatic carbocycles. The smallest absolute Gasteiger partial charge is 0.218 e. The number of halogens is 1. The first-order chi connectivity index (χ1) is 12.1. The molecule has 25 heavy (non-hydrogen) atoms. The number of aliphatic imine (C=N–C) groups is 2. The van der Waals surface area contributed by atoms with Crippen LogP contribution in [0.2, 0.25) is 0 Å². The fourth-order valence-corrected chi connectivity index (χ4v) is 3.35. The van der Waals surface area contributed by atoms with E-state index in [1.54, 1.807) is 0 Å². The third-order valence-corrected chi connectivity index (χ3v) is 4.38. The molecule has 0 fully saturated rings. The molecular formula is C22H21ClN2. The third kappa shape index (κ3) is 3.80. The van der Waals surface area contributed by atoms with Gasteiger partial charge in [0.1, 0.15) is 0 Å². The molecule has 0 bridgehead atoms. The first-order valence-corrected chi connectivity index (χ1v) is 8.80. The molecule has 0 amide bonds. The van der Waals surface area contributed by atoms with E-state index in [1.807, 2.05) is 32.9 Å². The number of rotatable bonds is 3. The maximum absolute atomic E-state index is 6.25. The van der Waals surface area contributed by atoms with Crippen LogP contribution in [-0.2, 0) is 0 Å². The van der Waals surface area contributed by atoms with Gasteiger partial charge in [-0.3, -0.25) is 0 Å². The van der Waals surface area contributed by atoms with Gasteiger partial charge in [0, 0.05) is 11.3 Å². The summed E-state index contributed by atoms with van der Waals surface area (Å²) < 4.78 is 0. The second-order valence-corrected chi connectivity index (χ2v) is 6.39. The van der Waals surface area contributed by atoms with E-state index in [-0.39, 0.29) is 11.3 Å². The molecule has 0 saturated carbocycles. The Morgan fingerprint density at radius 1 is 1.00 bits per heavy atom. The van der Waals surface area contributed by atoms with Crippen LogP contribution < -0.4 is 0 Å². The van der Waals surface area contributed by atoms with Gasteiger partial charge in [-0.1, -0.05) is 60.7 Å². The fourth-order valence-electron chi connectivity index (χ4n) is 3.07. The molecule has 126 valence electrons. The molecular weight excluding hydrogens is 328 g/mol. The largest absolute Gasteiger partial charge is 0.249 e. The SMILES string of the molecule is C/C=C\C(C)/N=C(Cl)\N=C(/C)c1cc2ccccc2c2ccccc12. The van der Waals surface area contributed by atoms with Crippen LogP contribution in [0.15, 0.2) is 76.7 Å². The molecule has 0 aliphatic heterocycles. The molecule has 1 unspecified atom stereocenters. The lowest BCUT2D eigenvalue weighted by Gasteiger charge is -2.10. The number of hydrogen-bond acceptors (Lipinski definition) is 1. The standard InChI is InChI=1S/C22H21ClN2/c1-4-9-15(2)24-22(23)25-16(3)21-14-17-10-5-6-11-18(17)19-12-7-8-13-20(19)21/h4-15H,1-3H3/b9-4-,24-22-,25-16+. The zero-order chi connectivity index (χ0) is 17.8. The number of hydrogen-bond donors (Lipinski definition) is 0. The highest BCUT2D eigenvalue weighted by Gasteiger charge is 2.09. The van der Waals surface area contributed by atoms with Gasteiger partial charge in [-0.05, 0) is 60.0 Å². The second-order valence-electron chi connectivity index (χ2n) is 6.05. The Morgan fingerprint density at radius 3 is 2.36 bits per heavy atom. The molecule has 0 saturated heterocycles. The number of amidine groups is 1.